The van der Waals surface area contributed by atoms with Crippen LogP contribution < -0.4 is 15.1 Å². The van der Waals surface area contributed by atoms with Crippen molar-refractivity contribution in [2.24, 2.45) is 5.92 Å². The summed E-state index contributed by atoms with van der Waals surface area (Å²) in [5.41, 5.74) is 4.21. The van der Waals surface area contributed by atoms with Crippen LogP contribution in [0.1, 0.15) is 63.9 Å². The molecule has 162 valence electrons. The van der Waals surface area contributed by atoms with Gasteiger partial charge in [-0.25, -0.2) is 0 Å². The molecular formula is C24H33N3O3. The minimum atomic E-state index is -0.0238. The fourth-order valence-electron chi connectivity index (χ4n) is 4.70. The predicted molar refractivity (Wildman–Crippen MR) is 119 cm³/mol. The van der Waals surface area contributed by atoms with Crippen molar-refractivity contribution in [3.8, 4) is 0 Å². The number of anilines is 2. The normalized spacial score (nSPS) is 23.5. The Labute approximate surface area is 178 Å². The Balaban J connectivity index is 1.58. The number of benzene rings is 1. The van der Waals surface area contributed by atoms with Gasteiger partial charge in [0.25, 0.3) is 0 Å². The van der Waals surface area contributed by atoms with Crippen molar-refractivity contribution in [3.63, 3.8) is 0 Å². The molecule has 2 N–H and O–H groups in total. The quantitative estimate of drug-likeness (QED) is 0.705. The third-order valence-corrected chi connectivity index (χ3v) is 6.52. The van der Waals surface area contributed by atoms with Gasteiger partial charge in [-0.15, -0.1) is 0 Å². The van der Waals surface area contributed by atoms with Crippen molar-refractivity contribution in [2.75, 3.05) is 29.5 Å². The second-order valence-corrected chi connectivity index (χ2v) is 8.93. The number of aliphatic hydroxyl groups is 1. The van der Waals surface area contributed by atoms with Gasteiger partial charge in [0, 0.05) is 44.2 Å². The average Bonchev–Trinajstić information content (AvgIpc) is 3.58. The Hall–Kier alpha value is -2.34. The van der Waals surface area contributed by atoms with Crippen molar-refractivity contribution >= 4 is 23.2 Å². The van der Waals surface area contributed by atoms with Crippen molar-refractivity contribution in [1.29, 1.82) is 0 Å². The Bertz CT molecular complexity index is 846. The Kier molecular flexibility index (Phi) is 6.14. The molecule has 0 aromatic heterocycles. The zero-order chi connectivity index (χ0) is 21.3. The summed E-state index contributed by atoms with van der Waals surface area (Å²) in [4.78, 5) is 29.0. The van der Waals surface area contributed by atoms with Crippen molar-refractivity contribution in [2.45, 2.75) is 64.3 Å². The van der Waals surface area contributed by atoms with Crippen LogP contribution >= 0.6 is 0 Å². The largest absolute Gasteiger partial charge is 0.396 e. The van der Waals surface area contributed by atoms with E-state index in [9.17, 15) is 9.59 Å². The van der Waals surface area contributed by atoms with Crippen LogP contribution in [0.3, 0.4) is 0 Å². The first kappa shape index (κ1) is 20.9. The minimum absolute atomic E-state index is 0.0183. The standard InChI is InChI=1S/C24H33N3O3/c1-16-15-26(24(30)18-6-7-18)23-13-19(9-11-22(23)27(16)17(2)29)20-8-10-21(25-14-20)5-3-4-12-28/h9-11,13,16,18,20,25,28H,3-8,12,14-15H2,1-2H3/t16-,20?/m0/s1. The van der Waals surface area contributed by atoms with Gasteiger partial charge in [0.2, 0.25) is 11.8 Å². The molecule has 1 aliphatic carbocycles. The van der Waals surface area contributed by atoms with Gasteiger partial charge < -0.3 is 20.2 Å². The lowest BCUT2D eigenvalue weighted by Crippen LogP contribution is -2.51. The molecule has 0 bridgehead atoms. The van der Waals surface area contributed by atoms with Crippen molar-refractivity contribution in [1.82, 2.24) is 5.32 Å². The lowest BCUT2D eigenvalue weighted by atomic mass is 9.90. The number of aliphatic hydroxyl groups excluding tert-OH is 1. The van der Waals surface area contributed by atoms with Crippen LogP contribution in [0.25, 0.3) is 0 Å². The monoisotopic (exact) mass is 411 g/mol. The number of rotatable bonds is 6. The van der Waals surface area contributed by atoms with Gasteiger partial charge in [-0.3, -0.25) is 9.59 Å². The highest BCUT2D eigenvalue weighted by Gasteiger charge is 2.40. The third kappa shape index (κ3) is 4.24. The molecule has 6 nitrogen and oxygen atoms in total. The molecule has 6 heteroatoms. The summed E-state index contributed by atoms with van der Waals surface area (Å²) in [6.45, 7) is 5.29. The predicted octanol–water partition coefficient (Wildman–Crippen LogP) is 3.31. The van der Waals surface area contributed by atoms with E-state index in [1.54, 1.807) is 6.92 Å². The van der Waals surface area contributed by atoms with Gasteiger partial charge in [0.05, 0.1) is 17.4 Å². The van der Waals surface area contributed by atoms with E-state index in [1.165, 1.54) is 11.3 Å². The first-order valence-electron chi connectivity index (χ1n) is 11.3. The molecule has 30 heavy (non-hydrogen) atoms. The molecular weight excluding hydrogens is 378 g/mol. The van der Waals surface area contributed by atoms with E-state index in [0.717, 1.165) is 56.4 Å². The van der Waals surface area contributed by atoms with E-state index in [-0.39, 0.29) is 30.4 Å². The van der Waals surface area contributed by atoms with Gasteiger partial charge in [0.1, 0.15) is 0 Å². The first-order chi connectivity index (χ1) is 14.5. The fraction of sp³-hybridized carbons (Fsp3) is 0.583. The number of allylic oxidation sites excluding steroid dienone is 2. The van der Waals surface area contributed by atoms with E-state index < -0.39 is 0 Å². The topological polar surface area (TPSA) is 72.9 Å². The van der Waals surface area contributed by atoms with Crippen LogP contribution in [0, 0.1) is 5.92 Å². The zero-order valence-electron chi connectivity index (χ0n) is 18.1. The second kappa shape index (κ2) is 8.80. The molecule has 1 fully saturated rings. The maximum absolute atomic E-state index is 13.0. The van der Waals surface area contributed by atoms with Gasteiger partial charge in [0.15, 0.2) is 0 Å². The molecule has 0 radical (unpaired) electrons. The minimum Gasteiger partial charge on any atom is -0.396 e. The molecule has 1 aromatic rings. The molecule has 0 saturated heterocycles. The summed E-state index contributed by atoms with van der Waals surface area (Å²) in [6.07, 6.45) is 7.99. The number of hydrogen-bond donors (Lipinski definition) is 2. The highest BCUT2D eigenvalue weighted by Crippen LogP contribution is 2.42. The first-order valence-corrected chi connectivity index (χ1v) is 11.3. The fourth-order valence-corrected chi connectivity index (χ4v) is 4.70. The lowest BCUT2D eigenvalue weighted by molar-refractivity contribution is -0.120. The highest BCUT2D eigenvalue weighted by molar-refractivity contribution is 6.05. The Morgan fingerprint density at radius 3 is 2.63 bits per heavy atom. The maximum atomic E-state index is 13.0. The molecule has 2 amide bonds. The Morgan fingerprint density at radius 1 is 1.20 bits per heavy atom. The Morgan fingerprint density at radius 2 is 2.00 bits per heavy atom. The number of amides is 2. The summed E-state index contributed by atoms with van der Waals surface area (Å²) in [6, 6.07) is 6.25. The summed E-state index contributed by atoms with van der Waals surface area (Å²) < 4.78 is 0. The molecule has 3 aliphatic rings. The van der Waals surface area contributed by atoms with Gasteiger partial charge in [-0.05, 0) is 63.1 Å². The summed E-state index contributed by atoms with van der Waals surface area (Å²) >= 11 is 0. The van der Waals surface area contributed by atoms with E-state index in [4.69, 9.17) is 5.11 Å². The number of fused-ring (bicyclic) bond motifs is 1. The van der Waals surface area contributed by atoms with Gasteiger partial charge in [-0.1, -0.05) is 12.1 Å². The van der Waals surface area contributed by atoms with Crippen molar-refractivity contribution in [3.05, 3.63) is 35.5 Å². The highest BCUT2D eigenvalue weighted by atomic mass is 16.3. The van der Waals surface area contributed by atoms with Crippen LogP contribution in [0.5, 0.6) is 0 Å². The molecule has 2 atom stereocenters. The molecule has 2 aliphatic heterocycles. The number of hydrogen-bond acceptors (Lipinski definition) is 4. The van der Waals surface area contributed by atoms with Crippen LogP contribution in [0.15, 0.2) is 30.0 Å². The van der Waals surface area contributed by atoms with Gasteiger partial charge >= 0.3 is 0 Å². The SMILES string of the molecule is CC(=O)N1c2ccc(C3CC=C(CCCCO)NC3)cc2N(C(=O)C2CC2)C[C@@H]1C. The number of nitrogens with zero attached hydrogens (tertiary/aromatic N) is 2. The molecule has 4 rings (SSSR count). The van der Waals surface area contributed by atoms with E-state index in [1.807, 2.05) is 22.8 Å². The number of carbonyl (C=O) groups is 2. The van der Waals surface area contributed by atoms with Crippen LogP contribution in [0.2, 0.25) is 0 Å². The van der Waals surface area contributed by atoms with Crippen LogP contribution in [-0.2, 0) is 9.59 Å². The van der Waals surface area contributed by atoms with E-state index in [0.29, 0.717) is 12.5 Å². The smallest absolute Gasteiger partial charge is 0.230 e. The summed E-state index contributed by atoms with van der Waals surface area (Å²) in [5.74, 6) is 0.722. The molecule has 0 spiro atoms. The average molecular weight is 412 g/mol. The zero-order valence-corrected chi connectivity index (χ0v) is 18.1. The molecule has 1 unspecified atom stereocenters. The number of unbranched alkanes of at least 4 members (excludes halogenated alkanes) is 1. The third-order valence-electron chi connectivity index (χ3n) is 6.52. The van der Waals surface area contributed by atoms with Gasteiger partial charge in [-0.2, -0.15) is 0 Å². The second-order valence-electron chi connectivity index (χ2n) is 8.93. The van der Waals surface area contributed by atoms with Crippen LogP contribution in [0.4, 0.5) is 11.4 Å². The molecule has 1 aromatic carbocycles. The molecule has 1 saturated carbocycles. The van der Waals surface area contributed by atoms with Crippen LogP contribution in [-0.4, -0.2) is 42.7 Å². The van der Waals surface area contributed by atoms with Crippen molar-refractivity contribution < 1.29 is 14.7 Å². The number of carbonyl (C=O) groups excluding carboxylic acids is 2. The van der Waals surface area contributed by atoms with E-state index >= 15 is 0 Å². The molecule has 2 heterocycles. The summed E-state index contributed by atoms with van der Waals surface area (Å²) in [5, 5.41) is 12.5. The lowest BCUT2D eigenvalue weighted by Gasteiger charge is -2.41. The maximum Gasteiger partial charge on any atom is 0.230 e. The summed E-state index contributed by atoms with van der Waals surface area (Å²) in [7, 11) is 0. The van der Waals surface area contributed by atoms with E-state index in [2.05, 4.69) is 23.5 Å². The number of nitrogens with one attached hydrogen (secondary N) is 1.